The highest BCUT2D eigenvalue weighted by Crippen LogP contribution is 2.31. The van der Waals surface area contributed by atoms with Crippen molar-refractivity contribution in [3.05, 3.63) is 161 Å². The minimum atomic E-state index is -3.10. The van der Waals surface area contributed by atoms with E-state index in [1.807, 2.05) is 0 Å². The molecule has 0 atom stereocenters. The molecule has 0 saturated heterocycles. The number of aryl methyl sites for hydroxylation is 6. The zero-order valence-corrected chi connectivity index (χ0v) is 28.3. The lowest BCUT2D eigenvalue weighted by molar-refractivity contribution is 1.38. The van der Waals surface area contributed by atoms with Crippen LogP contribution < -0.4 is 15.6 Å². The lowest BCUT2D eigenvalue weighted by atomic mass is 9.98. The highest BCUT2D eigenvalue weighted by molar-refractivity contribution is 7.40. The van der Waals surface area contributed by atoms with Gasteiger partial charge in [-0.2, -0.15) is 0 Å². The molecule has 6 aromatic rings. The van der Waals surface area contributed by atoms with Crippen molar-refractivity contribution in [2.24, 2.45) is 0 Å². The molecule has 218 valence electrons. The summed E-state index contributed by atoms with van der Waals surface area (Å²) in [6.07, 6.45) is 0. The molecule has 0 saturated carbocycles. The highest BCUT2D eigenvalue weighted by Gasteiger charge is 2.42. The lowest BCUT2D eigenvalue weighted by Crippen LogP contribution is -2.65. The summed E-state index contributed by atoms with van der Waals surface area (Å²) in [5.74, 6) is 0. The smallest absolute Gasteiger partial charge is 0.149 e. The van der Waals surface area contributed by atoms with Crippen LogP contribution in [0.3, 0.4) is 0 Å². The van der Waals surface area contributed by atoms with Gasteiger partial charge in [0.2, 0.25) is 7.38 Å². The van der Waals surface area contributed by atoms with Crippen LogP contribution in [0.2, 0.25) is 0 Å². The van der Waals surface area contributed by atoms with E-state index in [1.54, 1.807) is 0 Å². The fourth-order valence-corrected chi connectivity index (χ4v) is 12.5. The third-order valence-corrected chi connectivity index (χ3v) is 14.8. The Balaban J connectivity index is 1.71. The molecule has 0 N–H and O–H groups in total. The quantitative estimate of drug-likeness (QED) is 0.101. The van der Waals surface area contributed by atoms with E-state index in [9.17, 15) is 0 Å². The second-order valence-electron chi connectivity index (χ2n) is 12.2. The minimum Gasteiger partial charge on any atom is -0.149 e. The maximum atomic E-state index is 8.51. The van der Waals surface area contributed by atoms with Crippen LogP contribution in [-0.2, 0) is 0 Å². The van der Waals surface area contributed by atoms with Gasteiger partial charge in [0, 0.05) is 0 Å². The first-order valence-corrected chi connectivity index (χ1v) is 18.4. The van der Waals surface area contributed by atoms with E-state index in [0.717, 1.165) is 0 Å². The number of benzene rings is 6. The molecule has 0 radical (unpaired) electrons. The Bertz CT molecular complexity index is 1730. The first-order chi connectivity index (χ1) is 21.2. The average molecular weight is 607 g/mol. The summed E-state index contributed by atoms with van der Waals surface area (Å²) < 4.78 is 0. The molecule has 0 spiro atoms. The molecule has 0 heterocycles. The summed E-state index contributed by atoms with van der Waals surface area (Å²) in [4.78, 5) is 0. The van der Waals surface area contributed by atoms with Crippen molar-refractivity contribution in [3.63, 3.8) is 0 Å². The van der Waals surface area contributed by atoms with Gasteiger partial charge in [-0.05, 0) is 124 Å². The molecule has 6 rings (SSSR count). The second kappa shape index (κ2) is 12.1. The zero-order chi connectivity index (χ0) is 31.0. The molecule has 0 aliphatic carbocycles. The number of hydrogen-bond acceptors (Lipinski definition) is 0. The van der Waals surface area contributed by atoms with Crippen LogP contribution in [0.4, 0.5) is 0 Å². The zero-order valence-electron chi connectivity index (χ0n) is 26.5. The molecule has 0 aliphatic heterocycles. The normalized spacial score (nSPS) is 11.5. The van der Waals surface area contributed by atoms with Gasteiger partial charge in [0.05, 0.1) is 0 Å². The van der Waals surface area contributed by atoms with E-state index >= 15 is 0 Å². The van der Waals surface area contributed by atoms with Crippen LogP contribution >= 0.6 is 11.1 Å². The SMILES string of the molecule is Cc1cc(C)c([Si](Cl)(c2cc(-c3ccccc3)c(C)cc2C)c2cc(-c3ccccc3)c(C)cc2C)cc1-c1ccccc1. The summed E-state index contributed by atoms with van der Waals surface area (Å²) in [6, 6.07) is 46.4. The van der Waals surface area contributed by atoms with Crippen LogP contribution in [0.1, 0.15) is 33.4 Å². The van der Waals surface area contributed by atoms with Crippen molar-refractivity contribution in [2.75, 3.05) is 0 Å². The largest absolute Gasteiger partial charge is 0.248 e. The number of halogens is 1. The van der Waals surface area contributed by atoms with E-state index < -0.39 is 7.38 Å². The summed E-state index contributed by atoms with van der Waals surface area (Å²) in [5.41, 5.74) is 14.9. The molecular weight excluding hydrogens is 568 g/mol. The Morgan fingerprint density at radius 3 is 0.841 bits per heavy atom. The van der Waals surface area contributed by atoms with Gasteiger partial charge in [-0.3, -0.25) is 0 Å². The Labute approximate surface area is 268 Å². The molecular formula is C42H39ClSi. The van der Waals surface area contributed by atoms with Gasteiger partial charge in [0.25, 0.3) is 0 Å². The van der Waals surface area contributed by atoms with Crippen molar-refractivity contribution < 1.29 is 0 Å². The second-order valence-corrected chi connectivity index (χ2v) is 16.8. The first-order valence-electron chi connectivity index (χ1n) is 15.4. The van der Waals surface area contributed by atoms with Gasteiger partial charge < -0.3 is 0 Å². The van der Waals surface area contributed by atoms with Gasteiger partial charge in [-0.25, -0.2) is 0 Å². The molecule has 0 aromatic heterocycles. The van der Waals surface area contributed by atoms with E-state index in [1.165, 1.54) is 82.3 Å². The van der Waals surface area contributed by atoms with Crippen molar-refractivity contribution in [2.45, 2.75) is 41.5 Å². The maximum absolute atomic E-state index is 8.51. The van der Waals surface area contributed by atoms with Crippen LogP contribution in [0.15, 0.2) is 127 Å². The molecule has 44 heavy (non-hydrogen) atoms. The van der Waals surface area contributed by atoms with Crippen molar-refractivity contribution in [3.8, 4) is 33.4 Å². The topological polar surface area (TPSA) is 0 Å². The van der Waals surface area contributed by atoms with Gasteiger partial charge in [-0.1, -0.05) is 127 Å². The monoisotopic (exact) mass is 606 g/mol. The summed E-state index contributed by atoms with van der Waals surface area (Å²) in [7, 11) is -3.10. The summed E-state index contributed by atoms with van der Waals surface area (Å²) in [5, 5.41) is 3.75. The Morgan fingerprint density at radius 2 is 0.591 bits per heavy atom. The Kier molecular flexibility index (Phi) is 8.20. The predicted molar refractivity (Wildman–Crippen MR) is 195 cm³/mol. The predicted octanol–water partition coefficient (Wildman–Crippen LogP) is 9.74. The Hall–Kier alpha value is -4.17. The van der Waals surface area contributed by atoms with Gasteiger partial charge in [0.15, 0.2) is 0 Å². The fraction of sp³-hybridized carbons (Fsp3) is 0.143. The van der Waals surface area contributed by atoms with Gasteiger partial charge in [0.1, 0.15) is 0 Å². The molecule has 0 bridgehead atoms. The van der Waals surface area contributed by atoms with Crippen LogP contribution in [0.5, 0.6) is 0 Å². The summed E-state index contributed by atoms with van der Waals surface area (Å²) in [6.45, 7) is 13.4. The van der Waals surface area contributed by atoms with Crippen molar-refractivity contribution in [1.29, 1.82) is 0 Å². The number of hydrogen-bond donors (Lipinski definition) is 0. The van der Waals surface area contributed by atoms with Crippen LogP contribution in [-0.4, -0.2) is 7.38 Å². The standard InChI is InChI=1S/C42H39ClSi/c1-28-22-31(4)40(25-37(28)34-16-10-7-11-17-34)44(43,41-26-38(29(2)23-32(41)5)35-18-12-8-13-19-35)42-27-39(30(3)24-33(42)6)36-20-14-9-15-21-36/h7-27H,1-6H3. The Morgan fingerprint density at radius 1 is 0.341 bits per heavy atom. The first kappa shape index (κ1) is 29.9. The molecule has 6 aromatic carbocycles. The molecule has 0 unspecified atom stereocenters. The molecule has 2 heteroatoms. The molecule has 0 aliphatic rings. The van der Waals surface area contributed by atoms with Crippen LogP contribution in [0, 0.1) is 41.5 Å². The molecule has 0 nitrogen and oxygen atoms in total. The van der Waals surface area contributed by atoms with Crippen LogP contribution in [0.25, 0.3) is 33.4 Å². The van der Waals surface area contributed by atoms with Gasteiger partial charge >= 0.3 is 0 Å². The van der Waals surface area contributed by atoms with E-state index in [-0.39, 0.29) is 0 Å². The number of rotatable bonds is 6. The lowest BCUT2D eigenvalue weighted by Gasteiger charge is -2.33. The molecule has 0 fully saturated rings. The third kappa shape index (κ3) is 5.36. The van der Waals surface area contributed by atoms with E-state index in [4.69, 9.17) is 11.1 Å². The van der Waals surface area contributed by atoms with E-state index in [2.05, 4.69) is 169 Å². The van der Waals surface area contributed by atoms with Crippen molar-refractivity contribution >= 4 is 34.0 Å². The summed E-state index contributed by atoms with van der Waals surface area (Å²) >= 11 is 8.51. The van der Waals surface area contributed by atoms with Crippen molar-refractivity contribution in [1.82, 2.24) is 0 Å². The average Bonchev–Trinajstić information content (AvgIpc) is 3.02. The maximum Gasteiger partial charge on any atom is 0.248 e. The third-order valence-electron chi connectivity index (χ3n) is 9.08. The van der Waals surface area contributed by atoms with E-state index in [0.29, 0.717) is 0 Å². The fourth-order valence-electron chi connectivity index (χ4n) is 6.89. The highest BCUT2D eigenvalue weighted by atomic mass is 35.6. The molecule has 0 amide bonds. The van der Waals surface area contributed by atoms with Gasteiger partial charge in [-0.15, -0.1) is 11.1 Å². The minimum absolute atomic E-state index is 1.22.